The molecule has 1 unspecified atom stereocenters. The predicted molar refractivity (Wildman–Crippen MR) is 108 cm³/mol. The van der Waals surface area contributed by atoms with Crippen molar-refractivity contribution in [1.29, 1.82) is 0 Å². The number of amides is 1. The molecule has 4 nitrogen and oxygen atoms in total. The molecule has 1 amide bonds. The van der Waals surface area contributed by atoms with Crippen LogP contribution < -0.4 is 4.90 Å². The number of allylic oxidation sites excluding steroid dienone is 2. The summed E-state index contributed by atoms with van der Waals surface area (Å²) in [6, 6.07) is 12.0. The zero-order valence-corrected chi connectivity index (χ0v) is 16.8. The standard InChI is InChI=1S/C22H21BrN2O2/c1-2-14-6-8-15(9-7-14)17-12-21(27)25(20-11-10-16(23)13-24-20)18-4-3-5-19(26)22(17)18/h6-11,13,17H,2-5,12H2,1H3. The van der Waals surface area contributed by atoms with E-state index in [2.05, 4.69) is 52.1 Å². The smallest absolute Gasteiger partial charge is 0.233 e. The molecule has 4 rings (SSSR count). The minimum Gasteiger partial charge on any atom is -0.294 e. The number of carbonyl (C=O) groups excluding carboxylic acids is 2. The van der Waals surface area contributed by atoms with E-state index in [1.54, 1.807) is 11.1 Å². The van der Waals surface area contributed by atoms with Gasteiger partial charge in [0.05, 0.1) is 0 Å². The van der Waals surface area contributed by atoms with Crippen molar-refractivity contribution < 1.29 is 9.59 Å². The summed E-state index contributed by atoms with van der Waals surface area (Å²) in [5.74, 6) is 0.598. The maximum Gasteiger partial charge on any atom is 0.233 e. The Hall–Kier alpha value is -2.27. The van der Waals surface area contributed by atoms with Crippen LogP contribution in [0, 0.1) is 0 Å². The summed E-state index contributed by atoms with van der Waals surface area (Å²) in [4.78, 5) is 32.0. The van der Waals surface area contributed by atoms with Crippen LogP contribution in [0.3, 0.4) is 0 Å². The Labute approximate surface area is 167 Å². The van der Waals surface area contributed by atoms with Crippen LogP contribution in [0.15, 0.2) is 58.3 Å². The fourth-order valence-electron chi connectivity index (χ4n) is 4.03. The summed E-state index contributed by atoms with van der Waals surface area (Å²) in [6.07, 6.45) is 5.02. The average molecular weight is 425 g/mol. The second-order valence-electron chi connectivity index (χ2n) is 7.05. The van der Waals surface area contributed by atoms with Gasteiger partial charge in [0.2, 0.25) is 5.91 Å². The number of nitrogens with zero attached hydrogens (tertiary/aromatic N) is 2. The molecule has 0 N–H and O–H groups in total. The molecular formula is C22H21BrN2O2. The van der Waals surface area contributed by atoms with Crippen LogP contribution in [-0.2, 0) is 16.0 Å². The molecule has 0 radical (unpaired) electrons. The minimum absolute atomic E-state index is 0.00263. The third-order valence-electron chi connectivity index (χ3n) is 5.41. The van der Waals surface area contributed by atoms with Gasteiger partial charge in [-0.15, -0.1) is 0 Å². The molecular weight excluding hydrogens is 404 g/mol. The van der Waals surface area contributed by atoms with E-state index in [1.165, 1.54) is 5.56 Å². The molecule has 2 heterocycles. The molecule has 1 aliphatic heterocycles. The van der Waals surface area contributed by atoms with Crippen LogP contribution in [0.1, 0.15) is 49.7 Å². The monoisotopic (exact) mass is 424 g/mol. The molecule has 138 valence electrons. The first-order chi connectivity index (χ1) is 13.1. The number of halogens is 1. The van der Waals surface area contributed by atoms with Crippen LogP contribution in [0.4, 0.5) is 5.82 Å². The molecule has 1 aliphatic carbocycles. The van der Waals surface area contributed by atoms with Crippen LogP contribution in [0.2, 0.25) is 0 Å². The third kappa shape index (κ3) is 3.36. The molecule has 0 bridgehead atoms. The third-order valence-corrected chi connectivity index (χ3v) is 5.88. The highest BCUT2D eigenvalue weighted by molar-refractivity contribution is 9.10. The molecule has 0 saturated heterocycles. The average Bonchev–Trinajstić information content (AvgIpc) is 2.69. The minimum atomic E-state index is -0.155. The van der Waals surface area contributed by atoms with Crippen LogP contribution >= 0.6 is 15.9 Å². The Morgan fingerprint density at radius 1 is 1.11 bits per heavy atom. The highest BCUT2D eigenvalue weighted by Crippen LogP contribution is 2.43. The molecule has 1 atom stereocenters. The summed E-state index contributed by atoms with van der Waals surface area (Å²) >= 11 is 3.38. The quantitative estimate of drug-likeness (QED) is 0.701. The number of pyridine rings is 1. The van der Waals surface area contributed by atoms with Crippen molar-refractivity contribution in [1.82, 2.24) is 4.98 Å². The first-order valence-corrected chi connectivity index (χ1v) is 10.2. The summed E-state index contributed by atoms with van der Waals surface area (Å²) < 4.78 is 0.860. The van der Waals surface area contributed by atoms with Crippen molar-refractivity contribution in [3.63, 3.8) is 0 Å². The van der Waals surface area contributed by atoms with Crippen molar-refractivity contribution in [3.05, 3.63) is 69.5 Å². The van der Waals surface area contributed by atoms with E-state index in [0.29, 0.717) is 18.7 Å². The van der Waals surface area contributed by atoms with Gasteiger partial charge in [0, 0.05) is 40.7 Å². The number of aryl methyl sites for hydroxylation is 1. The maximum atomic E-state index is 13.1. The molecule has 2 aromatic rings. The number of hydrogen-bond donors (Lipinski definition) is 0. The van der Waals surface area contributed by atoms with E-state index in [-0.39, 0.29) is 17.6 Å². The van der Waals surface area contributed by atoms with Gasteiger partial charge in [0.25, 0.3) is 0 Å². The molecule has 0 fully saturated rings. The summed E-state index contributed by atoms with van der Waals surface area (Å²) in [6.45, 7) is 2.12. The van der Waals surface area contributed by atoms with Crippen molar-refractivity contribution in [2.24, 2.45) is 0 Å². The molecule has 0 spiro atoms. The van der Waals surface area contributed by atoms with Crippen molar-refractivity contribution in [2.45, 2.75) is 44.9 Å². The number of hydrogen-bond acceptors (Lipinski definition) is 3. The summed E-state index contributed by atoms with van der Waals surface area (Å²) in [7, 11) is 0. The lowest BCUT2D eigenvalue weighted by molar-refractivity contribution is -0.120. The van der Waals surface area contributed by atoms with Gasteiger partial charge in [-0.25, -0.2) is 4.98 Å². The second kappa shape index (κ2) is 7.39. The molecule has 1 aromatic carbocycles. The Morgan fingerprint density at radius 2 is 1.89 bits per heavy atom. The first-order valence-electron chi connectivity index (χ1n) is 9.38. The number of rotatable bonds is 3. The van der Waals surface area contributed by atoms with Crippen molar-refractivity contribution in [3.8, 4) is 0 Å². The number of aromatic nitrogens is 1. The van der Waals surface area contributed by atoms with Gasteiger partial charge in [-0.3, -0.25) is 14.5 Å². The van der Waals surface area contributed by atoms with E-state index in [4.69, 9.17) is 0 Å². The van der Waals surface area contributed by atoms with E-state index in [9.17, 15) is 9.59 Å². The van der Waals surface area contributed by atoms with Crippen LogP contribution in [0.5, 0.6) is 0 Å². The largest absolute Gasteiger partial charge is 0.294 e. The molecule has 0 saturated carbocycles. The lowest BCUT2D eigenvalue weighted by Crippen LogP contribution is -2.41. The number of benzene rings is 1. The zero-order valence-electron chi connectivity index (χ0n) is 15.2. The highest BCUT2D eigenvalue weighted by atomic mass is 79.9. The Kier molecular flexibility index (Phi) is 4.96. The maximum absolute atomic E-state index is 13.1. The molecule has 2 aliphatic rings. The van der Waals surface area contributed by atoms with Gasteiger partial charge in [-0.2, -0.15) is 0 Å². The van der Waals surface area contributed by atoms with Gasteiger partial charge in [-0.05, 0) is 58.5 Å². The predicted octanol–water partition coefficient (Wildman–Crippen LogP) is 4.93. The fourth-order valence-corrected chi connectivity index (χ4v) is 4.26. The van der Waals surface area contributed by atoms with Crippen LogP contribution in [0.25, 0.3) is 0 Å². The lowest BCUT2D eigenvalue weighted by atomic mass is 9.77. The van der Waals surface area contributed by atoms with E-state index >= 15 is 0 Å². The van der Waals surface area contributed by atoms with Gasteiger partial charge < -0.3 is 0 Å². The van der Waals surface area contributed by atoms with E-state index in [1.807, 2.05) is 12.1 Å². The van der Waals surface area contributed by atoms with E-state index < -0.39 is 0 Å². The SMILES string of the molecule is CCc1ccc(C2CC(=O)N(c3ccc(Br)cn3)C3=C2C(=O)CCC3)cc1. The summed E-state index contributed by atoms with van der Waals surface area (Å²) in [5.41, 5.74) is 3.94. The normalized spacial score (nSPS) is 20.1. The summed E-state index contributed by atoms with van der Waals surface area (Å²) in [5, 5.41) is 0. The number of carbonyl (C=O) groups is 2. The van der Waals surface area contributed by atoms with Gasteiger partial charge in [0.15, 0.2) is 5.78 Å². The number of anilines is 1. The zero-order chi connectivity index (χ0) is 19.0. The first kappa shape index (κ1) is 18.1. The van der Waals surface area contributed by atoms with Gasteiger partial charge in [0.1, 0.15) is 5.82 Å². The topological polar surface area (TPSA) is 50.3 Å². The van der Waals surface area contributed by atoms with Crippen molar-refractivity contribution in [2.75, 3.05) is 4.90 Å². The number of ketones is 1. The molecule has 1 aromatic heterocycles. The highest BCUT2D eigenvalue weighted by Gasteiger charge is 2.40. The molecule has 5 heteroatoms. The number of Topliss-reactive ketones (excluding diaryl/α,β-unsaturated/α-hetero) is 1. The van der Waals surface area contributed by atoms with Crippen LogP contribution in [-0.4, -0.2) is 16.7 Å². The van der Waals surface area contributed by atoms with Gasteiger partial charge in [-0.1, -0.05) is 31.2 Å². The Morgan fingerprint density at radius 3 is 2.56 bits per heavy atom. The van der Waals surface area contributed by atoms with Gasteiger partial charge >= 0.3 is 0 Å². The Balaban J connectivity index is 1.81. The lowest BCUT2D eigenvalue weighted by Gasteiger charge is -2.37. The molecule has 27 heavy (non-hydrogen) atoms. The Bertz CT molecular complexity index is 916. The van der Waals surface area contributed by atoms with Crippen molar-refractivity contribution >= 4 is 33.4 Å². The van der Waals surface area contributed by atoms with E-state index in [0.717, 1.165) is 40.6 Å². The second-order valence-corrected chi connectivity index (χ2v) is 7.97. The fraction of sp³-hybridized carbons (Fsp3) is 0.318.